The minimum absolute atomic E-state index is 0.432. The van der Waals surface area contributed by atoms with Crippen molar-refractivity contribution in [3.05, 3.63) is 65.5 Å². The minimum atomic E-state index is -0.432. The van der Waals surface area contributed by atoms with Crippen molar-refractivity contribution < 1.29 is 4.79 Å². The molecule has 1 aliphatic rings. The van der Waals surface area contributed by atoms with Gasteiger partial charge in [0, 0.05) is 24.5 Å². The molecule has 0 spiro atoms. The summed E-state index contributed by atoms with van der Waals surface area (Å²) in [6, 6.07) is 11.7. The smallest absolute Gasteiger partial charge is 0.251 e. The van der Waals surface area contributed by atoms with Crippen molar-refractivity contribution in [3.8, 4) is 0 Å². The van der Waals surface area contributed by atoms with Crippen LogP contribution >= 0.6 is 0 Å². The fourth-order valence-electron chi connectivity index (χ4n) is 3.32. The summed E-state index contributed by atoms with van der Waals surface area (Å²) in [6.07, 6.45) is 5.73. The number of nitrogens with two attached hydrogens (primary N) is 1. The summed E-state index contributed by atoms with van der Waals surface area (Å²) in [5.74, 6) is 0.152. The van der Waals surface area contributed by atoms with Crippen LogP contribution in [0.3, 0.4) is 0 Å². The van der Waals surface area contributed by atoms with Crippen molar-refractivity contribution in [2.75, 3.05) is 19.6 Å². The van der Waals surface area contributed by atoms with Crippen molar-refractivity contribution in [1.29, 1.82) is 0 Å². The Labute approximate surface area is 154 Å². The van der Waals surface area contributed by atoms with Gasteiger partial charge in [-0.2, -0.15) is 0 Å². The van der Waals surface area contributed by atoms with Crippen LogP contribution in [-0.2, 0) is 4.79 Å². The Morgan fingerprint density at radius 3 is 2.38 bits per heavy atom. The van der Waals surface area contributed by atoms with Gasteiger partial charge in [0.05, 0.1) is 11.3 Å². The molecular formula is C21H26N4O. The molecule has 26 heavy (non-hydrogen) atoms. The first-order valence-electron chi connectivity index (χ1n) is 9.11. The first-order valence-corrected chi connectivity index (χ1v) is 9.11. The van der Waals surface area contributed by atoms with E-state index in [0.29, 0.717) is 11.5 Å². The highest BCUT2D eigenvalue weighted by Gasteiger charge is 2.19. The van der Waals surface area contributed by atoms with E-state index in [1.54, 1.807) is 12.4 Å². The molecule has 0 aliphatic carbocycles. The number of carbonyl (C=O) groups excluding carboxylic acids is 1. The Bertz CT molecular complexity index is 762. The molecule has 1 fully saturated rings. The number of pyridine rings is 1. The molecule has 2 aromatic rings. The topological polar surface area (TPSA) is 80.0 Å². The van der Waals surface area contributed by atoms with Crippen LogP contribution in [0.5, 0.6) is 0 Å². The van der Waals surface area contributed by atoms with Crippen molar-refractivity contribution in [3.63, 3.8) is 0 Å². The van der Waals surface area contributed by atoms with Crippen LogP contribution in [-0.4, -0.2) is 30.5 Å². The van der Waals surface area contributed by atoms with Crippen molar-refractivity contribution in [2.45, 2.75) is 19.8 Å². The van der Waals surface area contributed by atoms with Gasteiger partial charge in [0.1, 0.15) is 0 Å². The van der Waals surface area contributed by atoms with E-state index in [9.17, 15) is 4.79 Å². The molecule has 0 radical (unpaired) electrons. The number of carbonyl (C=O) groups is 1. The number of benzene rings is 1. The molecule has 4 N–H and O–H groups in total. The maximum atomic E-state index is 12.3. The first-order chi connectivity index (χ1) is 12.6. The van der Waals surface area contributed by atoms with E-state index in [0.717, 1.165) is 54.9 Å². The van der Waals surface area contributed by atoms with E-state index in [1.807, 2.05) is 43.3 Å². The van der Waals surface area contributed by atoms with Gasteiger partial charge < -0.3 is 16.4 Å². The van der Waals surface area contributed by atoms with Gasteiger partial charge in [-0.05, 0) is 56.5 Å². The van der Waals surface area contributed by atoms with Gasteiger partial charge in [-0.15, -0.1) is 0 Å². The molecule has 0 atom stereocenters. The lowest BCUT2D eigenvalue weighted by Gasteiger charge is -2.25. The molecule has 1 aliphatic heterocycles. The molecule has 3 rings (SSSR count). The quantitative estimate of drug-likeness (QED) is 0.699. The maximum Gasteiger partial charge on any atom is 0.251 e. The first kappa shape index (κ1) is 18.1. The lowest BCUT2D eigenvalue weighted by molar-refractivity contribution is -0.112. The molecule has 2 heterocycles. The summed E-state index contributed by atoms with van der Waals surface area (Å²) >= 11 is 0. The molecule has 136 valence electrons. The van der Waals surface area contributed by atoms with Gasteiger partial charge in [0.2, 0.25) is 0 Å². The standard InChI is InChI=1S/C21H26N4O/c1-15-2-4-17(5-3-15)19(21(22)26)20(18-8-12-24-13-9-18)25-14-16-6-10-23-11-7-16/h2-5,8-9,12-13,16,23,25H,6-7,10-11,14H2,1H3,(H2,22,26)/b20-19-. The van der Waals surface area contributed by atoms with Crippen molar-refractivity contribution >= 4 is 17.2 Å². The number of nitrogens with zero attached hydrogens (tertiary/aromatic N) is 1. The summed E-state index contributed by atoms with van der Waals surface area (Å²) in [5.41, 5.74) is 9.98. The number of rotatable bonds is 6. The number of aromatic nitrogens is 1. The third kappa shape index (κ3) is 4.49. The van der Waals surface area contributed by atoms with Crippen LogP contribution in [0, 0.1) is 12.8 Å². The number of aryl methyl sites for hydroxylation is 1. The Kier molecular flexibility index (Phi) is 6.02. The molecule has 5 heteroatoms. The highest BCUT2D eigenvalue weighted by Crippen LogP contribution is 2.25. The summed E-state index contributed by atoms with van der Waals surface area (Å²) in [5, 5.41) is 6.91. The number of primary amides is 1. The molecule has 1 aromatic carbocycles. The highest BCUT2D eigenvalue weighted by atomic mass is 16.1. The molecule has 0 unspecified atom stereocenters. The van der Waals surface area contributed by atoms with Gasteiger partial charge in [0.15, 0.2) is 0 Å². The molecule has 0 saturated carbocycles. The van der Waals surface area contributed by atoms with Gasteiger partial charge in [-0.1, -0.05) is 29.8 Å². The lowest BCUT2D eigenvalue weighted by Crippen LogP contribution is -2.33. The summed E-state index contributed by atoms with van der Waals surface area (Å²) in [4.78, 5) is 16.4. The zero-order chi connectivity index (χ0) is 18.4. The van der Waals surface area contributed by atoms with Crippen molar-refractivity contribution in [2.24, 2.45) is 11.7 Å². The van der Waals surface area contributed by atoms with Gasteiger partial charge in [0.25, 0.3) is 5.91 Å². The van der Waals surface area contributed by atoms with Crippen LogP contribution < -0.4 is 16.4 Å². The third-order valence-corrected chi connectivity index (χ3v) is 4.83. The number of hydrogen-bond donors (Lipinski definition) is 3. The third-order valence-electron chi connectivity index (χ3n) is 4.83. The van der Waals surface area contributed by atoms with E-state index >= 15 is 0 Å². The number of hydrogen-bond acceptors (Lipinski definition) is 4. The van der Waals surface area contributed by atoms with E-state index in [2.05, 4.69) is 15.6 Å². The van der Waals surface area contributed by atoms with Crippen LogP contribution in [0.4, 0.5) is 0 Å². The van der Waals surface area contributed by atoms with Crippen LogP contribution in [0.1, 0.15) is 29.5 Å². The summed E-state index contributed by atoms with van der Waals surface area (Å²) in [6.45, 7) is 4.93. The number of nitrogens with one attached hydrogen (secondary N) is 2. The second-order valence-electron chi connectivity index (χ2n) is 6.79. The highest BCUT2D eigenvalue weighted by molar-refractivity contribution is 6.26. The predicted octanol–water partition coefficient (Wildman–Crippen LogP) is 2.33. The van der Waals surface area contributed by atoms with E-state index in [-0.39, 0.29) is 0 Å². The van der Waals surface area contributed by atoms with Crippen molar-refractivity contribution in [1.82, 2.24) is 15.6 Å². The molecule has 5 nitrogen and oxygen atoms in total. The van der Waals surface area contributed by atoms with Crippen LogP contribution in [0.25, 0.3) is 11.3 Å². The fraction of sp³-hybridized carbons (Fsp3) is 0.333. The Morgan fingerprint density at radius 2 is 1.77 bits per heavy atom. The molecule has 1 aromatic heterocycles. The van der Waals surface area contributed by atoms with Gasteiger partial charge >= 0.3 is 0 Å². The average Bonchev–Trinajstić information content (AvgIpc) is 2.67. The minimum Gasteiger partial charge on any atom is -0.384 e. The Balaban J connectivity index is 1.99. The summed E-state index contributed by atoms with van der Waals surface area (Å²) in [7, 11) is 0. The molecular weight excluding hydrogens is 324 g/mol. The fourth-order valence-corrected chi connectivity index (χ4v) is 3.32. The average molecular weight is 350 g/mol. The SMILES string of the molecule is Cc1ccc(/C(C(N)=O)=C(/NCC2CCNCC2)c2ccncc2)cc1. The van der Waals surface area contributed by atoms with E-state index in [4.69, 9.17) is 5.73 Å². The lowest BCUT2D eigenvalue weighted by atomic mass is 9.95. The normalized spacial score (nSPS) is 16.0. The Morgan fingerprint density at radius 1 is 1.12 bits per heavy atom. The maximum absolute atomic E-state index is 12.3. The van der Waals surface area contributed by atoms with Gasteiger partial charge in [-0.25, -0.2) is 0 Å². The molecule has 1 amide bonds. The largest absolute Gasteiger partial charge is 0.384 e. The summed E-state index contributed by atoms with van der Waals surface area (Å²) < 4.78 is 0. The predicted molar refractivity (Wildman–Crippen MR) is 105 cm³/mol. The number of amides is 1. The molecule has 1 saturated heterocycles. The Hall–Kier alpha value is -2.66. The molecule has 0 bridgehead atoms. The zero-order valence-corrected chi connectivity index (χ0v) is 15.2. The van der Waals surface area contributed by atoms with E-state index in [1.165, 1.54) is 0 Å². The second-order valence-corrected chi connectivity index (χ2v) is 6.79. The van der Waals surface area contributed by atoms with Crippen LogP contribution in [0.15, 0.2) is 48.8 Å². The second kappa shape index (κ2) is 8.63. The zero-order valence-electron chi connectivity index (χ0n) is 15.2. The van der Waals surface area contributed by atoms with Crippen LogP contribution in [0.2, 0.25) is 0 Å². The van der Waals surface area contributed by atoms with Gasteiger partial charge in [-0.3, -0.25) is 9.78 Å². The monoisotopic (exact) mass is 350 g/mol. The number of piperidine rings is 1. The van der Waals surface area contributed by atoms with E-state index < -0.39 is 5.91 Å².